The fourth-order valence-corrected chi connectivity index (χ4v) is 3.25. The summed E-state index contributed by atoms with van der Waals surface area (Å²) < 4.78 is 1.80. The second kappa shape index (κ2) is 8.27. The molecule has 1 saturated heterocycles. The van der Waals surface area contributed by atoms with Gasteiger partial charge >= 0.3 is 6.03 Å². The van der Waals surface area contributed by atoms with Gasteiger partial charge in [0.1, 0.15) is 5.82 Å². The number of pyridine rings is 1. The number of amides is 2. The van der Waals surface area contributed by atoms with Crippen molar-refractivity contribution in [2.75, 3.05) is 18.4 Å². The van der Waals surface area contributed by atoms with E-state index < -0.39 is 0 Å². The standard InChI is InChI=1S/C18H27N7O/c1-13(2)25-14(3)20-17(23-25)22-18(26)21-16-6-9-24(10-7-16)12-15-5-4-8-19-11-15/h4-5,8,11,13,16H,6-7,9-10,12H2,1-3H3,(H2,21,22,23,26). The minimum atomic E-state index is -0.239. The summed E-state index contributed by atoms with van der Waals surface area (Å²) >= 11 is 0. The van der Waals surface area contributed by atoms with Crippen molar-refractivity contribution < 1.29 is 4.79 Å². The molecule has 0 aromatic carbocycles. The predicted octanol–water partition coefficient (Wildman–Crippen LogP) is 2.35. The number of carbonyl (C=O) groups is 1. The molecule has 3 heterocycles. The zero-order chi connectivity index (χ0) is 18.5. The third kappa shape index (κ3) is 4.78. The molecule has 0 saturated carbocycles. The molecule has 2 aromatic rings. The number of aromatic nitrogens is 4. The molecule has 1 fully saturated rings. The minimum absolute atomic E-state index is 0.174. The Kier molecular flexibility index (Phi) is 5.82. The third-order valence-electron chi connectivity index (χ3n) is 4.57. The van der Waals surface area contributed by atoms with Gasteiger partial charge in [0.2, 0.25) is 5.95 Å². The van der Waals surface area contributed by atoms with Crippen molar-refractivity contribution in [2.45, 2.75) is 52.2 Å². The summed E-state index contributed by atoms with van der Waals surface area (Å²) in [5.41, 5.74) is 1.22. The van der Waals surface area contributed by atoms with E-state index in [4.69, 9.17) is 0 Å². The van der Waals surface area contributed by atoms with Gasteiger partial charge in [0.05, 0.1) is 0 Å². The highest BCUT2D eigenvalue weighted by atomic mass is 16.2. The highest BCUT2D eigenvalue weighted by Gasteiger charge is 2.21. The van der Waals surface area contributed by atoms with Gasteiger partial charge in [-0.25, -0.2) is 9.48 Å². The van der Waals surface area contributed by atoms with E-state index >= 15 is 0 Å². The van der Waals surface area contributed by atoms with Crippen molar-refractivity contribution >= 4 is 12.0 Å². The number of hydrogen-bond acceptors (Lipinski definition) is 5. The van der Waals surface area contributed by atoms with E-state index in [2.05, 4.69) is 36.7 Å². The van der Waals surface area contributed by atoms with Gasteiger partial charge in [-0.15, -0.1) is 5.10 Å². The molecule has 0 spiro atoms. The summed E-state index contributed by atoms with van der Waals surface area (Å²) in [4.78, 5) is 23.0. The first-order chi connectivity index (χ1) is 12.5. The van der Waals surface area contributed by atoms with E-state index in [-0.39, 0.29) is 18.1 Å². The number of aryl methyl sites for hydroxylation is 1. The summed E-state index contributed by atoms with van der Waals surface area (Å²) in [6.45, 7) is 8.77. The van der Waals surface area contributed by atoms with Gasteiger partial charge in [-0.3, -0.25) is 15.2 Å². The van der Waals surface area contributed by atoms with Crippen LogP contribution in [0.25, 0.3) is 0 Å². The van der Waals surface area contributed by atoms with Crippen molar-refractivity contribution in [2.24, 2.45) is 0 Å². The summed E-state index contributed by atoms with van der Waals surface area (Å²) in [6.07, 6.45) is 5.56. The first-order valence-electron chi connectivity index (χ1n) is 9.13. The van der Waals surface area contributed by atoms with Crippen molar-refractivity contribution in [3.8, 4) is 0 Å². The summed E-state index contributed by atoms with van der Waals surface area (Å²) in [7, 11) is 0. The highest BCUT2D eigenvalue weighted by Crippen LogP contribution is 2.14. The molecule has 26 heavy (non-hydrogen) atoms. The van der Waals surface area contributed by atoms with Crippen LogP contribution in [0, 0.1) is 6.92 Å². The second-order valence-corrected chi connectivity index (χ2v) is 7.03. The third-order valence-corrected chi connectivity index (χ3v) is 4.57. The lowest BCUT2D eigenvalue weighted by Gasteiger charge is -2.32. The number of nitrogens with zero attached hydrogens (tertiary/aromatic N) is 5. The van der Waals surface area contributed by atoms with Crippen LogP contribution in [0.5, 0.6) is 0 Å². The van der Waals surface area contributed by atoms with Crippen molar-refractivity contribution in [3.05, 3.63) is 35.9 Å². The Morgan fingerprint density at radius 3 is 2.73 bits per heavy atom. The lowest BCUT2D eigenvalue weighted by Crippen LogP contribution is -2.45. The van der Waals surface area contributed by atoms with Gasteiger partial charge in [-0.05, 0) is 45.2 Å². The van der Waals surface area contributed by atoms with Crippen molar-refractivity contribution in [3.63, 3.8) is 0 Å². The molecule has 0 bridgehead atoms. The quantitative estimate of drug-likeness (QED) is 0.857. The molecule has 2 N–H and O–H groups in total. The Morgan fingerprint density at radius 1 is 1.35 bits per heavy atom. The molecular weight excluding hydrogens is 330 g/mol. The van der Waals surface area contributed by atoms with Crippen LogP contribution in [0.15, 0.2) is 24.5 Å². The Balaban J connectivity index is 1.44. The number of piperidine rings is 1. The fraction of sp³-hybridized carbons (Fsp3) is 0.556. The van der Waals surface area contributed by atoms with Crippen molar-refractivity contribution in [1.29, 1.82) is 0 Å². The minimum Gasteiger partial charge on any atom is -0.335 e. The Bertz CT molecular complexity index is 720. The van der Waals surface area contributed by atoms with Crippen LogP contribution in [0.3, 0.4) is 0 Å². The van der Waals surface area contributed by atoms with Crippen LogP contribution in [0.4, 0.5) is 10.7 Å². The van der Waals surface area contributed by atoms with Gasteiger partial charge in [0, 0.05) is 44.1 Å². The molecule has 0 radical (unpaired) electrons. The number of urea groups is 1. The van der Waals surface area contributed by atoms with Gasteiger partial charge in [0.25, 0.3) is 0 Å². The number of nitrogens with one attached hydrogen (secondary N) is 2. The SMILES string of the molecule is Cc1nc(NC(=O)NC2CCN(Cc3cccnc3)CC2)nn1C(C)C. The zero-order valence-electron chi connectivity index (χ0n) is 15.6. The molecule has 2 aromatic heterocycles. The average molecular weight is 357 g/mol. The van der Waals surface area contributed by atoms with Crippen LogP contribution in [0.1, 0.15) is 44.1 Å². The summed E-state index contributed by atoms with van der Waals surface area (Å²) in [6, 6.07) is 4.20. The molecule has 0 aliphatic carbocycles. The van der Waals surface area contributed by atoms with E-state index in [1.807, 2.05) is 33.0 Å². The number of carbonyl (C=O) groups excluding carboxylic acids is 1. The van der Waals surface area contributed by atoms with E-state index in [0.29, 0.717) is 5.95 Å². The largest absolute Gasteiger partial charge is 0.335 e. The molecule has 8 nitrogen and oxygen atoms in total. The number of likely N-dealkylation sites (tertiary alicyclic amines) is 1. The Labute approximate surface area is 154 Å². The van der Waals surface area contributed by atoms with Gasteiger partial charge in [0.15, 0.2) is 0 Å². The smallest absolute Gasteiger partial charge is 0.321 e. The van der Waals surface area contributed by atoms with E-state index in [1.54, 1.807) is 10.9 Å². The topological polar surface area (TPSA) is 88.0 Å². The molecular formula is C18H27N7O. The highest BCUT2D eigenvalue weighted by molar-refractivity contribution is 5.87. The first-order valence-corrected chi connectivity index (χ1v) is 9.13. The van der Waals surface area contributed by atoms with Crippen molar-refractivity contribution in [1.82, 2.24) is 30.0 Å². The van der Waals surface area contributed by atoms with E-state index in [0.717, 1.165) is 38.3 Å². The summed E-state index contributed by atoms with van der Waals surface area (Å²) in [5, 5.41) is 10.1. The van der Waals surface area contributed by atoms with E-state index in [9.17, 15) is 4.79 Å². The molecule has 8 heteroatoms. The normalized spacial score (nSPS) is 16.0. The number of hydrogen-bond donors (Lipinski definition) is 2. The Morgan fingerprint density at radius 2 is 2.12 bits per heavy atom. The lowest BCUT2D eigenvalue weighted by molar-refractivity contribution is 0.189. The monoisotopic (exact) mass is 357 g/mol. The Hall–Kier alpha value is -2.48. The number of anilines is 1. The maximum absolute atomic E-state index is 12.2. The van der Waals surface area contributed by atoms with Gasteiger partial charge in [-0.1, -0.05) is 6.07 Å². The van der Waals surface area contributed by atoms with Crippen LogP contribution < -0.4 is 10.6 Å². The van der Waals surface area contributed by atoms with Gasteiger partial charge < -0.3 is 5.32 Å². The molecule has 0 unspecified atom stereocenters. The maximum atomic E-state index is 12.2. The molecule has 140 valence electrons. The van der Waals surface area contributed by atoms with Crippen LogP contribution >= 0.6 is 0 Å². The molecule has 0 atom stereocenters. The van der Waals surface area contributed by atoms with E-state index in [1.165, 1.54) is 5.56 Å². The maximum Gasteiger partial charge on any atom is 0.321 e. The number of rotatable bonds is 5. The van der Waals surface area contributed by atoms with Gasteiger partial charge in [-0.2, -0.15) is 4.98 Å². The first kappa shape index (κ1) is 18.3. The molecule has 2 amide bonds. The predicted molar refractivity (Wildman–Crippen MR) is 99.8 cm³/mol. The molecule has 3 rings (SSSR count). The molecule has 1 aliphatic rings. The lowest BCUT2D eigenvalue weighted by atomic mass is 10.0. The van der Waals surface area contributed by atoms with Crippen LogP contribution in [-0.4, -0.2) is 49.8 Å². The fourth-order valence-electron chi connectivity index (χ4n) is 3.25. The van der Waals surface area contributed by atoms with Crippen LogP contribution in [0.2, 0.25) is 0 Å². The average Bonchev–Trinajstić information content (AvgIpc) is 2.98. The molecule has 1 aliphatic heterocycles. The zero-order valence-corrected chi connectivity index (χ0v) is 15.6. The second-order valence-electron chi connectivity index (χ2n) is 7.03. The van der Waals surface area contributed by atoms with Crippen LogP contribution in [-0.2, 0) is 6.54 Å². The summed E-state index contributed by atoms with van der Waals surface area (Å²) in [5.74, 6) is 1.14.